The van der Waals surface area contributed by atoms with Gasteiger partial charge in [0.25, 0.3) is 0 Å². The molecule has 2 N–H and O–H groups in total. The van der Waals surface area contributed by atoms with E-state index < -0.39 is 5.60 Å². The molecule has 0 fully saturated rings. The molecule has 0 aromatic rings. The molecule has 0 saturated carbocycles. The number of aliphatic hydroxyl groups is 1. The van der Waals surface area contributed by atoms with Gasteiger partial charge in [-0.2, -0.15) is 0 Å². The van der Waals surface area contributed by atoms with E-state index in [1.807, 2.05) is 0 Å². The molecule has 0 radical (unpaired) electrons. The van der Waals surface area contributed by atoms with E-state index >= 15 is 0 Å². The molecule has 0 rings (SSSR count). The highest BCUT2D eigenvalue weighted by atomic mass is 16.7. The summed E-state index contributed by atoms with van der Waals surface area (Å²) in [6.45, 7) is 4.55. The second-order valence-electron chi connectivity index (χ2n) is 2.68. The van der Waals surface area contributed by atoms with Gasteiger partial charge < -0.3 is 5.11 Å². The smallest absolute Gasteiger partial charge is 0.240 e. The van der Waals surface area contributed by atoms with Crippen molar-refractivity contribution in [1.82, 2.24) is 5.48 Å². The standard InChI is InChI=1S/C6H13NO3/c1-5(9)7-10-6(2,3)4-8/h8H,4H2,1-3H3,(H,7,9). The van der Waals surface area contributed by atoms with Gasteiger partial charge in [0.1, 0.15) is 5.60 Å². The Morgan fingerprint density at radius 3 is 2.50 bits per heavy atom. The number of amides is 1. The minimum Gasteiger partial charge on any atom is -0.393 e. The van der Waals surface area contributed by atoms with Gasteiger partial charge in [-0.05, 0) is 13.8 Å². The van der Waals surface area contributed by atoms with Crippen LogP contribution in [0.2, 0.25) is 0 Å². The molecule has 4 heteroatoms. The maximum absolute atomic E-state index is 10.3. The van der Waals surface area contributed by atoms with E-state index in [0.29, 0.717) is 0 Å². The van der Waals surface area contributed by atoms with Crippen molar-refractivity contribution < 1.29 is 14.7 Å². The largest absolute Gasteiger partial charge is 0.393 e. The number of hydrogen-bond acceptors (Lipinski definition) is 3. The molecule has 10 heavy (non-hydrogen) atoms. The zero-order valence-electron chi connectivity index (χ0n) is 6.47. The summed E-state index contributed by atoms with van der Waals surface area (Å²) in [5, 5.41) is 8.63. The first kappa shape index (κ1) is 9.39. The summed E-state index contributed by atoms with van der Waals surface area (Å²) >= 11 is 0. The molecule has 60 valence electrons. The first-order valence-corrected chi connectivity index (χ1v) is 3.03. The number of carbonyl (C=O) groups excluding carboxylic acids is 1. The molecule has 4 nitrogen and oxygen atoms in total. The summed E-state index contributed by atoms with van der Waals surface area (Å²) in [5.74, 6) is -0.276. The summed E-state index contributed by atoms with van der Waals surface area (Å²) in [6, 6.07) is 0. The highest BCUT2D eigenvalue weighted by Gasteiger charge is 2.17. The van der Waals surface area contributed by atoms with Gasteiger partial charge in [0, 0.05) is 6.92 Å². The zero-order chi connectivity index (χ0) is 8.20. The first-order valence-electron chi connectivity index (χ1n) is 3.03. The van der Waals surface area contributed by atoms with Gasteiger partial charge in [-0.15, -0.1) is 0 Å². The van der Waals surface area contributed by atoms with E-state index in [4.69, 9.17) is 9.94 Å². The van der Waals surface area contributed by atoms with Crippen molar-refractivity contribution in [3.05, 3.63) is 0 Å². The van der Waals surface area contributed by atoms with E-state index in [2.05, 4.69) is 5.48 Å². The quantitative estimate of drug-likeness (QED) is 0.545. The van der Waals surface area contributed by atoms with Gasteiger partial charge in [-0.3, -0.25) is 9.63 Å². The minimum atomic E-state index is -0.703. The average Bonchev–Trinajstić information content (AvgIpc) is 1.85. The van der Waals surface area contributed by atoms with E-state index in [0.717, 1.165) is 0 Å². The Morgan fingerprint density at radius 2 is 2.20 bits per heavy atom. The van der Waals surface area contributed by atoms with Crippen molar-refractivity contribution in [3.63, 3.8) is 0 Å². The lowest BCUT2D eigenvalue weighted by atomic mass is 10.2. The SMILES string of the molecule is CC(=O)NOC(C)(C)CO. The molecule has 0 heterocycles. The lowest BCUT2D eigenvalue weighted by Gasteiger charge is -2.20. The van der Waals surface area contributed by atoms with Crippen LogP contribution in [0.15, 0.2) is 0 Å². The van der Waals surface area contributed by atoms with E-state index in [-0.39, 0.29) is 12.5 Å². The topological polar surface area (TPSA) is 58.6 Å². The fourth-order valence-corrected chi connectivity index (χ4v) is 0.242. The Labute approximate surface area is 60.1 Å². The van der Waals surface area contributed by atoms with E-state index in [1.54, 1.807) is 13.8 Å². The minimum absolute atomic E-state index is 0.132. The summed E-state index contributed by atoms with van der Waals surface area (Å²) in [4.78, 5) is 15.1. The fraction of sp³-hybridized carbons (Fsp3) is 0.833. The van der Waals surface area contributed by atoms with Gasteiger partial charge in [0.2, 0.25) is 5.91 Å². The van der Waals surface area contributed by atoms with Crippen molar-refractivity contribution in [3.8, 4) is 0 Å². The zero-order valence-corrected chi connectivity index (χ0v) is 6.47. The average molecular weight is 147 g/mol. The van der Waals surface area contributed by atoms with Crippen LogP contribution < -0.4 is 5.48 Å². The summed E-state index contributed by atoms with van der Waals surface area (Å²) in [7, 11) is 0. The fourth-order valence-electron chi connectivity index (χ4n) is 0.242. The molecule has 0 aromatic heterocycles. The van der Waals surface area contributed by atoms with Crippen LogP contribution in [0.1, 0.15) is 20.8 Å². The van der Waals surface area contributed by atoms with Crippen LogP contribution in [-0.4, -0.2) is 23.2 Å². The Morgan fingerprint density at radius 1 is 1.70 bits per heavy atom. The monoisotopic (exact) mass is 147 g/mol. The van der Waals surface area contributed by atoms with Gasteiger partial charge in [-0.25, -0.2) is 5.48 Å². The van der Waals surface area contributed by atoms with Crippen molar-refractivity contribution in [2.75, 3.05) is 6.61 Å². The lowest BCUT2D eigenvalue weighted by Crippen LogP contribution is -2.37. The van der Waals surface area contributed by atoms with Gasteiger partial charge >= 0.3 is 0 Å². The molecular formula is C6H13NO3. The molecule has 0 aliphatic heterocycles. The Bertz CT molecular complexity index is 122. The molecule has 1 amide bonds. The second kappa shape index (κ2) is 3.53. The number of nitrogens with one attached hydrogen (secondary N) is 1. The van der Waals surface area contributed by atoms with Gasteiger partial charge in [0.15, 0.2) is 0 Å². The summed E-state index contributed by atoms with van der Waals surface area (Å²) in [6.07, 6.45) is 0. The third kappa shape index (κ3) is 4.29. The summed E-state index contributed by atoms with van der Waals surface area (Å²) in [5.41, 5.74) is 1.44. The van der Waals surface area contributed by atoms with Crippen molar-refractivity contribution in [2.45, 2.75) is 26.4 Å². The maximum Gasteiger partial charge on any atom is 0.240 e. The molecule has 0 bridgehead atoms. The molecular weight excluding hydrogens is 134 g/mol. The van der Waals surface area contributed by atoms with Crippen LogP contribution in [0.3, 0.4) is 0 Å². The molecule has 0 unspecified atom stereocenters. The third-order valence-electron chi connectivity index (χ3n) is 0.852. The Balaban J connectivity index is 3.56. The van der Waals surface area contributed by atoms with Crippen LogP contribution in [0.25, 0.3) is 0 Å². The maximum atomic E-state index is 10.3. The van der Waals surface area contributed by atoms with Crippen LogP contribution >= 0.6 is 0 Å². The second-order valence-corrected chi connectivity index (χ2v) is 2.68. The number of carbonyl (C=O) groups is 1. The van der Waals surface area contributed by atoms with E-state index in [1.165, 1.54) is 6.92 Å². The van der Waals surface area contributed by atoms with Gasteiger partial charge in [0.05, 0.1) is 6.61 Å². The van der Waals surface area contributed by atoms with Crippen molar-refractivity contribution >= 4 is 5.91 Å². The summed E-state index contributed by atoms with van der Waals surface area (Å²) < 4.78 is 0. The van der Waals surface area contributed by atoms with Crippen LogP contribution in [-0.2, 0) is 9.63 Å². The normalized spacial score (nSPS) is 11.2. The number of hydrogen-bond donors (Lipinski definition) is 2. The molecule has 0 aliphatic carbocycles. The van der Waals surface area contributed by atoms with E-state index in [9.17, 15) is 4.79 Å². The predicted octanol–water partition coefficient (Wildman–Crippen LogP) is -0.175. The molecule has 0 atom stereocenters. The van der Waals surface area contributed by atoms with Crippen molar-refractivity contribution in [1.29, 1.82) is 0 Å². The Hall–Kier alpha value is -0.610. The lowest BCUT2D eigenvalue weighted by molar-refractivity contribution is -0.151. The van der Waals surface area contributed by atoms with Crippen molar-refractivity contribution in [2.24, 2.45) is 0 Å². The highest BCUT2D eigenvalue weighted by molar-refractivity contribution is 5.71. The number of hydroxylamine groups is 1. The number of aliphatic hydroxyl groups excluding tert-OH is 1. The third-order valence-corrected chi connectivity index (χ3v) is 0.852. The molecule has 0 saturated heterocycles. The number of rotatable bonds is 3. The Kier molecular flexibility index (Phi) is 3.32. The predicted molar refractivity (Wildman–Crippen MR) is 36.1 cm³/mol. The van der Waals surface area contributed by atoms with Crippen LogP contribution in [0.5, 0.6) is 0 Å². The molecule has 0 spiro atoms. The molecule has 0 aliphatic rings. The highest BCUT2D eigenvalue weighted by Crippen LogP contribution is 2.03. The molecule has 0 aromatic carbocycles. The first-order chi connectivity index (χ1) is 4.48. The van der Waals surface area contributed by atoms with Crippen LogP contribution in [0, 0.1) is 0 Å². The van der Waals surface area contributed by atoms with Gasteiger partial charge in [-0.1, -0.05) is 0 Å². The van der Waals surface area contributed by atoms with Crippen LogP contribution in [0.4, 0.5) is 0 Å².